The summed E-state index contributed by atoms with van der Waals surface area (Å²) in [6, 6.07) is 8.46. The van der Waals surface area contributed by atoms with E-state index in [4.69, 9.17) is 4.74 Å². The molecule has 2 aromatic rings. The molecule has 160 valence electrons. The standard InChI is InChI=1S/C19H13F3N4O4S/c1-29-16(27)8-14-17(28)25-18(31-14)26-24-9-11-2-5-13(6-3-11)30-15-7-4-12(10-23-15)19(20,21)22/h2-10H,1H3,(H,25,26,28)/b14-8+,24-9?. The maximum absolute atomic E-state index is 12.5. The quantitative estimate of drug-likeness (QED) is 0.324. The number of hydrogen-bond acceptors (Lipinski definition) is 8. The third-order valence-electron chi connectivity index (χ3n) is 3.62. The first-order valence-electron chi connectivity index (χ1n) is 8.45. The van der Waals surface area contributed by atoms with Gasteiger partial charge in [-0.25, -0.2) is 9.78 Å². The molecule has 3 rings (SSSR count). The Hall–Kier alpha value is -3.67. The van der Waals surface area contributed by atoms with E-state index in [9.17, 15) is 22.8 Å². The number of aromatic nitrogens is 1. The van der Waals surface area contributed by atoms with Gasteiger partial charge in [0.25, 0.3) is 5.91 Å². The van der Waals surface area contributed by atoms with Crippen molar-refractivity contribution in [3.05, 3.63) is 64.7 Å². The van der Waals surface area contributed by atoms with Crippen LogP contribution in [0.15, 0.2) is 63.8 Å². The molecular weight excluding hydrogens is 437 g/mol. The monoisotopic (exact) mass is 450 g/mol. The summed E-state index contributed by atoms with van der Waals surface area (Å²) in [5, 5.41) is 10.4. The van der Waals surface area contributed by atoms with Gasteiger partial charge in [0.2, 0.25) is 5.88 Å². The number of benzene rings is 1. The minimum Gasteiger partial charge on any atom is -0.466 e. The molecule has 2 heterocycles. The largest absolute Gasteiger partial charge is 0.466 e. The number of rotatable bonds is 5. The van der Waals surface area contributed by atoms with Gasteiger partial charge in [0.05, 0.1) is 23.8 Å². The van der Waals surface area contributed by atoms with Crippen LogP contribution in [0.25, 0.3) is 0 Å². The number of nitrogens with one attached hydrogen (secondary N) is 1. The van der Waals surface area contributed by atoms with Gasteiger partial charge in [-0.3, -0.25) is 10.1 Å². The first-order chi connectivity index (χ1) is 14.7. The molecule has 1 N–H and O–H groups in total. The summed E-state index contributed by atoms with van der Waals surface area (Å²) in [6.45, 7) is 0. The Labute approximate surface area is 177 Å². The van der Waals surface area contributed by atoms with E-state index in [1.165, 1.54) is 13.3 Å². The van der Waals surface area contributed by atoms with Crippen molar-refractivity contribution in [2.24, 2.45) is 10.2 Å². The van der Waals surface area contributed by atoms with Crippen LogP contribution in [0.3, 0.4) is 0 Å². The minimum absolute atomic E-state index is 0.0191. The van der Waals surface area contributed by atoms with Gasteiger partial charge in [-0.15, -0.1) is 5.10 Å². The van der Waals surface area contributed by atoms with Crippen molar-refractivity contribution in [1.82, 2.24) is 10.3 Å². The van der Waals surface area contributed by atoms with Crippen LogP contribution in [-0.2, 0) is 20.5 Å². The topological polar surface area (TPSA) is 102 Å². The lowest BCUT2D eigenvalue weighted by molar-refractivity contribution is -0.138. The third-order valence-corrected chi connectivity index (χ3v) is 4.52. The fourth-order valence-corrected chi connectivity index (χ4v) is 2.88. The van der Waals surface area contributed by atoms with Crippen molar-refractivity contribution in [3.63, 3.8) is 0 Å². The molecular formula is C19H13F3N4O4S. The number of nitrogens with zero attached hydrogens (tertiary/aromatic N) is 3. The van der Waals surface area contributed by atoms with Crippen LogP contribution in [0.2, 0.25) is 0 Å². The van der Waals surface area contributed by atoms with Crippen LogP contribution >= 0.6 is 11.8 Å². The molecule has 0 saturated carbocycles. The summed E-state index contributed by atoms with van der Waals surface area (Å²) in [4.78, 5) is 26.7. The molecule has 0 spiro atoms. The molecule has 1 aliphatic rings. The number of pyridine rings is 1. The van der Waals surface area contributed by atoms with Gasteiger partial charge < -0.3 is 9.47 Å². The average molecular weight is 450 g/mol. The normalized spacial score (nSPS) is 16.7. The van der Waals surface area contributed by atoms with E-state index in [0.29, 0.717) is 17.5 Å². The van der Waals surface area contributed by atoms with E-state index >= 15 is 0 Å². The van der Waals surface area contributed by atoms with E-state index in [0.717, 1.165) is 30.0 Å². The number of ether oxygens (including phenoxy) is 2. The zero-order valence-corrected chi connectivity index (χ0v) is 16.5. The molecule has 0 aliphatic carbocycles. The zero-order valence-electron chi connectivity index (χ0n) is 15.7. The SMILES string of the molecule is COC(=O)/C=C1/S/C(=N\N=Cc2ccc(Oc3ccc(C(F)(F)F)cn3)cc2)NC1=O. The Morgan fingerprint density at radius 2 is 1.94 bits per heavy atom. The van der Waals surface area contributed by atoms with E-state index in [1.807, 2.05) is 0 Å². The van der Waals surface area contributed by atoms with Gasteiger partial charge in [0.15, 0.2) is 5.17 Å². The summed E-state index contributed by atoms with van der Waals surface area (Å²) in [6.07, 6.45) is -1.30. The number of amidine groups is 1. The Bertz CT molecular complexity index is 1070. The molecule has 0 bridgehead atoms. The van der Waals surface area contributed by atoms with Crippen LogP contribution in [0.5, 0.6) is 11.6 Å². The smallest absolute Gasteiger partial charge is 0.417 e. The second-order valence-electron chi connectivity index (χ2n) is 5.79. The van der Waals surface area contributed by atoms with Gasteiger partial charge in [-0.2, -0.15) is 18.3 Å². The summed E-state index contributed by atoms with van der Waals surface area (Å²) in [5.74, 6) is -0.753. The number of carbonyl (C=O) groups excluding carboxylic acids is 2. The number of halogens is 3. The lowest BCUT2D eigenvalue weighted by Gasteiger charge is -2.08. The van der Waals surface area contributed by atoms with Gasteiger partial charge in [-0.1, -0.05) is 0 Å². The Morgan fingerprint density at radius 1 is 1.19 bits per heavy atom. The number of hydrogen-bond donors (Lipinski definition) is 1. The molecule has 0 atom stereocenters. The highest BCUT2D eigenvalue weighted by atomic mass is 32.2. The lowest BCUT2D eigenvalue weighted by atomic mass is 10.2. The van der Waals surface area contributed by atoms with Gasteiger partial charge in [0, 0.05) is 18.3 Å². The molecule has 12 heteroatoms. The molecule has 0 radical (unpaired) electrons. The number of esters is 1. The second kappa shape index (κ2) is 9.43. The van der Waals surface area contributed by atoms with Crippen LogP contribution in [0.4, 0.5) is 13.2 Å². The highest BCUT2D eigenvalue weighted by Gasteiger charge is 2.30. The first kappa shape index (κ1) is 22.0. The third kappa shape index (κ3) is 6.15. The molecule has 1 saturated heterocycles. The van der Waals surface area contributed by atoms with Crippen LogP contribution < -0.4 is 10.1 Å². The molecule has 1 aromatic carbocycles. The van der Waals surface area contributed by atoms with Crippen molar-refractivity contribution < 1.29 is 32.2 Å². The van der Waals surface area contributed by atoms with Crippen molar-refractivity contribution >= 4 is 35.0 Å². The number of thioether (sulfide) groups is 1. The number of alkyl halides is 3. The summed E-state index contributed by atoms with van der Waals surface area (Å²) >= 11 is 0.942. The van der Waals surface area contributed by atoms with Gasteiger partial charge >= 0.3 is 12.1 Å². The van der Waals surface area contributed by atoms with Crippen molar-refractivity contribution in [2.75, 3.05) is 7.11 Å². The Balaban J connectivity index is 1.59. The predicted octanol–water partition coefficient (Wildman–Crippen LogP) is 3.50. The second-order valence-corrected chi connectivity index (χ2v) is 6.82. The van der Waals surface area contributed by atoms with Gasteiger partial charge in [0.1, 0.15) is 5.75 Å². The Kier molecular flexibility index (Phi) is 6.70. The van der Waals surface area contributed by atoms with Crippen molar-refractivity contribution in [1.29, 1.82) is 0 Å². The molecule has 0 unspecified atom stereocenters. The molecule has 1 fully saturated rings. The molecule has 8 nitrogen and oxygen atoms in total. The van der Waals surface area contributed by atoms with E-state index < -0.39 is 23.6 Å². The van der Waals surface area contributed by atoms with E-state index in [-0.39, 0.29) is 16.0 Å². The van der Waals surface area contributed by atoms with Crippen LogP contribution in [0.1, 0.15) is 11.1 Å². The fourth-order valence-electron chi connectivity index (χ4n) is 2.14. The Morgan fingerprint density at radius 3 is 2.55 bits per heavy atom. The highest BCUT2D eigenvalue weighted by Crippen LogP contribution is 2.30. The molecule has 1 amide bonds. The minimum atomic E-state index is -4.46. The predicted molar refractivity (Wildman–Crippen MR) is 107 cm³/mol. The summed E-state index contributed by atoms with van der Waals surface area (Å²) in [7, 11) is 1.20. The molecule has 31 heavy (non-hydrogen) atoms. The van der Waals surface area contributed by atoms with Crippen molar-refractivity contribution in [2.45, 2.75) is 6.18 Å². The number of methoxy groups -OCH3 is 1. The van der Waals surface area contributed by atoms with E-state index in [1.54, 1.807) is 24.3 Å². The fraction of sp³-hybridized carbons (Fsp3) is 0.105. The first-order valence-corrected chi connectivity index (χ1v) is 9.27. The zero-order chi connectivity index (χ0) is 22.4. The average Bonchev–Trinajstić information content (AvgIpc) is 3.08. The molecule has 1 aliphatic heterocycles. The summed E-state index contributed by atoms with van der Waals surface area (Å²) < 4.78 is 47.5. The summed E-state index contributed by atoms with van der Waals surface area (Å²) in [5.41, 5.74) is -0.214. The van der Waals surface area contributed by atoms with Crippen LogP contribution in [-0.4, -0.2) is 35.4 Å². The lowest BCUT2D eigenvalue weighted by Crippen LogP contribution is -2.19. The van der Waals surface area contributed by atoms with E-state index in [2.05, 4.69) is 25.2 Å². The van der Waals surface area contributed by atoms with Crippen LogP contribution in [0, 0.1) is 0 Å². The highest BCUT2D eigenvalue weighted by molar-refractivity contribution is 8.18. The number of amides is 1. The number of carbonyl (C=O) groups is 2. The van der Waals surface area contributed by atoms with Gasteiger partial charge in [-0.05, 0) is 47.7 Å². The molecule has 1 aromatic heterocycles. The maximum atomic E-state index is 12.5. The van der Waals surface area contributed by atoms with Crippen molar-refractivity contribution in [3.8, 4) is 11.6 Å². The maximum Gasteiger partial charge on any atom is 0.417 e.